The summed E-state index contributed by atoms with van der Waals surface area (Å²) in [5, 5.41) is 0. The van der Waals surface area contributed by atoms with Gasteiger partial charge in [-0.05, 0) is 12.8 Å². The van der Waals surface area contributed by atoms with E-state index in [1.165, 1.54) is 0 Å². The molecule has 1 heterocycles. The number of rotatable bonds is 1. The molecule has 0 radical (unpaired) electrons. The highest BCUT2D eigenvalue weighted by atomic mass is 16.2. The van der Waals surface area contributed by atoms with Gasteiger partial charge in [-0.1, -0.05) is 0 Å². The van der Waals surface area contributed by atoms with Crippen LogP contribution in [0.5, 0.6) is 0 Å². The predicted molar refractivity (Wildman–Crippen MR) is 42.8 cm³/mol. The van der Waals surface area contributed by atoms with Crippen molar-refractivity contribution < 1.29 is 4.79 Å². The number of amides is 1. The van der Waals surface area contributed by atoms with Crippen LogP contribution in [0.25, 0.3) is 0 Å². The maximum Gasteiger partial charge on any atom is 0.236 e. The highest BCUT2D eigenvalue weighted by Gasteiger charge is 2.19. The first kappa shape index (κ1) is 8.49. The average Bonchev–Trinajstić information content (AvgIpc) is 2.03. The van der Waals surface area contributed by atoms with Crippen molar-refractivity contribution in [3.05, 3.63) is 0 Å². The second-order valence-electron chi connectivity index (χ2n) is 2.95. The number of carbonyl (C=O) groups is 1. The summed E-state index contributed by atoms with van der Waals surface area (Å²) >= 11 is 0. The molecule has 0 aromatic heterocycles. The average molecular weight is 157 g/mol. The van der Waals surface area contributed by atoms with Crippen molar-refractivity contribution in [2.75, 3.05) is 19.6 Å². The molecule has 64 valence electrons. The minimum absolute atomic E-state index is 0.0140. The van der Waals surface area contributed by atoms with Crippen LogP contribution in [0.2, 0.25) is 0 Å². The van der Waals surface area contributed by atoms with Gasteiger partial charge in [0, 0.05) is 19.1 Å². The van der Waals surface area contributed by atoms with Crippen LogP contribution in [0.3, 0.4) is 0 Å². The molecule has 1 aliphatic rings. The zero-order chi connectivity index (χ0) is 8.27. The first-order valence-electron chi connectivity index (χ1n) is 3.97. The van der Waals surface area contributed by atoms with Gasteiger partial charge in [-0.25, -0.2) is 0 Å². The third-order valence-electron chi connectivity index (χ3n) is 1.99. The Morgan fingerprint density at radius 2 is 2.36 bits per heavy atom. The van der Waals surface area contributed by atoms with E-state index in [1.54, 1.807) is 4.90 Å². The number of hydrogen-bond donors (Lipinski definition) is 2. The van der Waals surface area contributed by atoms with Crippen molar-refractivity contribution in [2.24, 2.45) is 11.5 Å². The molecule has 1 atom stereocenters. The van der Waals surface area contributed by atoms with Gasteiger partial charge in [0.25, 0.3) is 0 Å². The SMILES string of the molecule is NCC(=O)N1CCCC(N)C1. The Hall–Kier alpha value is -0.610. The summed E-state index contributed by atoms with van der Waals surface area (Å²) in [6.07, 6.45) is 2.03. The molecule has 0 aromatic carbocycles. The Labute approximate surface area is 66.5 Å². The van der Waals surface area contributed by atoms with Crippen molar-refractivity contribution in [2.45, 2.75) is 18.9 Å². The Morgan fingerprint density at radius 1 is 1.64 bits per heavy atom. The quantitative estimate of drug-likeness (QED) is 0.507. The van der Waals surface area contributed by atoms with Crippen LogP contribution in [0.15, 0.2) is 0 Å². The molecule has 4 N–H and O–H groups in total. The molecular formula is C7H15N3O. The first-order chi connectivity index (χ1) is 5.24. The van der Waals surface area contributed by atoms with Gasteiger partial charge in [-0.15, -0.1) is 0 Å². The summed E-state index contributed by atoms with van der Waals surface area (Å²) < 4.78 is 0. The molecule has 0 bridgehead atoms. The number of nitrogens with zero attached hydrogens (tertiary/aromatic N) is 1. The molecule has 1 fully saturated rings. The van der Waals surface area contributed by atoms with Crippen LogP contribution in [0, 0.1) is 0 Å². The summed E-state index contributed by atoms with van der Waals surface area (Å²) in [5.74, 6) is 0.0140. The molecule has 1 rings (SSSR count). The Bertz CT molecular complexity index is 149. The summed E-state index contributed by atoms with van der Waals surface area (Å²) in [5.41, 5.74) is 10.9. The van der Waals surface area contributed by atoms with E-state index in [-0.39, 0.29) is 18.5 Å². The number of likely N-dealkylation sites (tertiary alicyclic amines) is 1. The Balaban J connectivity index is 2.39. The van der Waals surface area contributed by atoms with E-state index in [4.69, 9.17) is 11.5 Å². The van der Waals surface area contributed by atoms with E-state index < -0.39 is 0 Å². The molecule has 4 nitrogen and oxygen atoms in total. The Morgan fingerprint density at radius 3 is 2.91 bits per heavy atom. The van der Waals surface area contributed by atoms with Crippen molar-refractivity contribution in [3.63, 3.8) is 0 Å². The van der Waals surface area contributed by atoms with E-state index in [2.05, 4.69) is 0 Å². The van der Waals surface area contributed by atoms with Gasteiger partial charge < -0.3 is 16.4 Å². The van der Waals surface area contributed by atoms with Gasteiger partial charge in [0.1, 0.15) is 0 Å². The lowest BCUT2D eigenvalue weighted by molar-refractivity contribution is -0.130. The van der Waals surface area contributed by atoms with Crippen LogP contribution >= 0.6 is 0 Å². The zero-order valence-electron chi connectivity index (χ0n) is 6.62. The van der Waals surface area contributed by atoms with E-state index in [9.17, 15) is 4.79 Å². The van der Waals surface area contributed by atoms with Gasteiger partial charge in [-0.2, -0.15) is 0 Å². The first-order valence-corrected chi connectivity index (χ1v) is 3.97. The summed E-state index contributed by atoms with van der Waals surface area (Å²) in [7, 11) is 0. The fourth-order valence-corrected chi connectivity index (χ4v) is 1.37. The van der Waals surface area contributed by atoms with E-state index >= 15 is 0 Å². The van der Waals surface area contributed by atoms with Gasteiger partial charge in [0.2, 0.25) is 5.91 Å². The predicted octanol–water partition coefficient (Wildman–Crippen LogP) is -1.11. The number of hydrogen-bond acceptors (Lipinski definition) is 3. The largest absolute Gasteiger partial charge is 0.340 e. The second kappa shape index (κ2) is 3.69. The van der Waals surface area contributed by atoms with E-state index in [0.29, 0.717) is 6.54 Å². The summed E-state index contributed by atoms with van der Waals surface area (Å²) in [6, 6.07) is 0.152. The molecule has 1 unspecified atom stereocenters. The molecule has 0 spiro atoms. The Kier molecular flexibility index (Phi) is 2.84. The maximum atomic E-state index is 11.1. The number of piperidine rings is 1. The van der Waals surface area contributed by atoms with Crippen LogP contribution in [0.1, 0.15) is 12.8 Å². The molecular weight excluding hydrogens is 142 g/mol. The van der Waals surface area contributed by atoms with Gasteiger partial charge in [0.05, 0.1) is 6.54 Å². The third kappa shape index (κ3) is 2.17. The van der Waals surface area contributed by atoms with Crippen LogP contribution in [0.4, 0.5) is 0 Å². The van der Waals surface area contributed by atoms with Gasteiger partial charge >= 0.3 is 0 Å². The minimum Gasteiger partial charge on any atom is -0.340 e. The van der Waals surface area contributed by atoms with Gasteiger partial charge in [0.15, 0.2) is 0 Å². The van der Waals surface area contributed by atoms with Gasteiger partial charge in [-0.3, -0.25) is 4.79 Å². The zero-order valence-corrected chi connectivity index (χ0v) is 6.62. The highest BCUT2D eigenvalue weighted by Crippen LogP contribution is 2.07. The molecule has 11 heavy (non-hydrogen) atoms. The standard InChI is InChI=1S/C7H15N3O/c8-4-7(11)10-3-1-2-6(9)5-10/h6H,1-5,8-9H2. The molecule has 1 saturated heterocycles. The lowest BCUT2D eigenvalue weighted by Crippen LogP contribution is -2.47. The number of carbonyl (C=O) groups excluding carboxylic acids is 1. The van der Waals surface area contributed by atoms with Crippen molar-refractivity contribution in [1.82, 2.24) is 4.90 Å². The molecule has 1 aliphatic heterocycles. The maximum absolute atomic E-state index is 11.1. The molecule has 0 aromatic rings. The second-order valence-corrected chi connectivity index (χ2v) is 2.95. The molecule has 4 heteroatoms. The monoisotopic (exact) mass is 157 g/mol. The van der Waals surface area contributed by atoms with Crippen LogP contribution in [-0.2, 0) is 4.79 Å². The minimum atomic E-state index is 0.0140. The lowest BCUT2D eigenvalue weighted by Gasteiger charge is -2.30. The third-order valence-corrected chi connectivity index (χ3v) is 1.99. The van der Waals surface area contributed by atoms with Crippen LogP contribution in [-0.4, -0.2) is 36.5 Å². The fraction of sp³-hybridized carbons (Fsp3) is 0.857. The smallest absolute Gasteiger partial charge is 0.236 e. The molecule has 0 aliphatic carbocycles. The summed E-state index contributed by atoms with van der Waals surface area (Å²) in [4.78, 5) is 12.8. The lowest BCUT2D eigenvalue weighted by atomic mass is 10.1. The number of nitrogens with two attached hydrogens (primary N) is 2. The normalized spacial score (nSPS) is 25.3. The molecule has 1 amide bonds. The fourth-order valence-electron chi connectivity index (χ4n) is 1.37. The van der Waals surface area contributed by atoms with Crippen LogP contribution < -0.4 is 11.5 Å². The molecule has 0 saturated carbocycles. The van der Waals surface area contributed by atoms with E-state index in [1.807, 2.05) is 0 Å². The van der Waals surface area contributed by atoms with Crippen molar-refractivity contribution >= 4 is 5.91 Å². The van der Waals surface area contributed by atoms with Crippen molar-refractivity contribution in [1.29, 1.82) is 0 Å². The highest BCUT2D eigenvalue weighted by molar-refractivity contribution is 5.78. The van der Waals surface area contributed by atoms with Crippen molar-refractivity contribution in [3.8, 4) is 0 Å². The topological polar surface area (TPSA) is 72.4 Å². The summed E-state index contributed by atoms with van der Waals surface area (Å²) in [6.45, 7) is 1.60. The van der Waals surface area contributed by atoms with E-state index in [0.717, 1.165) is 19.4 Å².